The van der Waals surface area contributed by atoms with Gasteiger partial charge in [-0.05, 0) is 43.4 Å². The number of carbonyl (C=O) groups is 1. The van der Waals surface area contributed by atoms with E-state index >= 15 is 0 Å². The lowest BCUT2D eigenvalue weighted by Crippen LogP contribution is -2.37. The average Bonchev–Trinajstić information content (AvgIpc) is 2.68. The summed E-state index contributed by atoms with van der Waals surface area (Å²) in [6.45, 7) is 2.76. The number of halogens is 1. The first-order valence-corrected chi connectivity index (χ1v) is 9.49. The quantitative estimate of drug-likeness (QED) is 0.627. The van der Waals surface area contributed by atoms with Crippen LogP contribution in [0.1, 0.15) is 63.5 Å². The number of benzene rings is 1. The predicted octanol–water partition coefficient (Wildman–Crippen LogP) is 4.28. The van der Waals surface area contributed by atoms with E-state index < -0.39 is 0 Å². The topological polar surface area (TPSA) is 56.8 Å². The summed E-state index contributed by atoms with van der Waals surface area (Å²) in [6.07, 6.45) is 5.43. The highest BCUT2D eigenvalue weighted by Gasteiger charge is 2.25. The minimum Gasteiger partial charge on any atom is -0.377 e. The molecule has 1 aliphatic heterocycles. The molecule has 1 fully saturated rings. The molecule has 3 atom stereocenters. The van der Waals surface area contributed by atoms with Gasteiger partial charge >= 0.3 is 0 Å². The fourth-order valence-corrected chi connectivity index (χ4v) is 3.12. The number of hydrogen-bond acceptors (Lipinski definition) is 4. The van der Waals surface area contributed by atoms with Crippen LogP contribution in [0, 0.1) is 11.7 Å². The monoisotopic (exact) mass is 367 g/mol. The van der Waals surface area contributed by atoms with Crippen LogP contribution in [0.4, 0.5) is 4.39 Å². The Morgan fingerprint density at radius 3 is 2.73 bits per heavy atom. The molecule has 0 radical (unpaired) electrons. The molecule has 1 unspecified atom stereocenters. The summed E-state index contributed by atoms with van der Waals surface area (Å²) < 4.78 is 24.2. The van der Waals surface area contributed by atoms with Crippen LogP contribution in [-0.4, -0.2) is 25.9 Å². The van der Waals surface area contributed by atoms with Crippen molar-refractivity contribution < 1.29 is 23.5 Å². The Bertz CT molecular complexity index is 531. The van der Waals surface area contributed by atoms with Gasteiger partial charge in [0.25, 0.3) is 0 Å². The van der Waals surface area contributed by atoms with E-state index in [0.29, 0.717) is 13.0 Å². The predicted molar refractivity (Wildman–Crippen MR) is 96.6 cm³/mol. The normalized spacial score (nSPS) is 19.7. The number of ether oxygens (including phenoxy) is 2. The van der Waals surface area contributed by atoms with E-state index in [2.05, 4.69) is 12.4 Å². The van der Waals surface area contributed by atoms with E-state index in [1.54, 1.807) is 19.2 Å². The van der Waals surface area contributed by atoms with Crippen molar-refractivity contribution >= 4 is 5.91 Å². The van der Waals surface area contributed by atoms with Crippen molar-refractivity contribution in [2.45, 2.75) is 64.3 Å². The van der Waals surface area contributed by atoms with Crippen LogP contribution < -0.4 is 5.48 Å². The van der Waals surface area contributed by atoms with Gasteiger partial charge in [-0.1, -0.05) is 31.9 Å². The second-order valence-corrected chi connectivity index (χ2v) is 6.73. The van der Waals surface area contributed by atoms with Crippen LogP contribution in [0.25, 0.3) is 0 Å². The van der Waals surface area contributed by atoms with Gasteiger partial charge in [-0.25, -0.2) is 14.7 Å². The van der Waals surface area contributed by atoms with E-state index in [1.165, 1.54) is 12.1 Å². The van der Waals surface area contributed by atoms with Crippen LogP contribution >= 0.6 is 0 Å². The number of hydroxylamine groups is 1. The molecule has 1 saturated heterocycles. The highest BCUT2D eigenvalue weighted by atomic mass is 19.1. The summed E-state index contributed by atoms with van der Waals surface area (Å²) in [4.78, 5) is 18.1. The first-order valence-electron chi connectivity index (χ1n) is 9.49. The number of hydrogen-bond donors (Lipinski definition) is 1. The van der Waals surface area contributed by atoms with Crippen LogP contribution in [0.3, 0.4) is 0 Å². The lowest BCUT2D eigenvalue weighted by atomic mass is 9.92. The van der Waals surface area contributed by atoms with Crippen molar-refractivity contribution in [1.82, 2.24) is 5.48 Å². The van der Waals surface area contributed by atoms with Gasteiger partial charge in [0.2, 0.25) is 5.91 Å². The molecule has 0 aromatic heterocycles. The summed E-state index contributed by atoms with van der Waals surface area (Å²) >= 11 is 0. The van der Waals surface area contributed by atoms with Gasteiger partial charge in [-0.3, -0.25) is 4.79 Å². The molecule has 0 bridgehead atoms. The Hall–Kier alpha value is -1.50. The molecule has 2 rings (SSSR count). The summed E-state index contributed by atoms with van der Waals surface area (Å²) in [6, 6.07) is 6.22. The second kappa shape index (κ2) is 11.3. The zero-order chi connectivity index (χ0) is 18.8. The highest BCUT2D eigenvalue weighted by molar-refractivity contribution is 5.77. The third-order valence-corrected chi connectivity index (χ3v) is 4.73. The van der Waals surface area contributed by atoms with Crippen molar-refractivity contribution in [2.24, 2.45) is 5.92 Å². The molecule has 0 spiro atoms. The van der Waals surface area contributed by atoms with E-state index in [0.717, 1.165) is 44.1 Å². The number of rotatable bonds is 10. The fourth-order valence-electron chi connectivity index (χ4n) is 3.12. The second-order valence-electron chi connectivity index (χ2n) is 6.73. The highest BCUT2D eigenvalue weighted by Crippen LogP contribution is 2.28. The lowest BCUT2D eigenvalue weighted by molar-refractivity contribution is -0.202. The standard InChI is InChI=1S/C20H30FNO4/c1-3-4-7-16(20(23)22-26-19-8-5-6-13-25-19)14-18(24-2)15-9-11-17(21)12-10-15/h9-12,16,18-19H,3-8,13-14H2,1-2H3,(H,22,23)/t16-,18+,19?/m0/s1. The van der Waals surface area contributed by atoms with Gasteiger partial charge in [0.1, 0.15) is 5.82 Å². The van der Waals surface area contributed by atoms with Crippen molar-refractivity contribution in [2.75, 3.05) is 13.7 Å². The molecule has 0 saturated carbocycles. The fraction of sp³-hybridized carbons (Fsp3) is 0.650. The number of unbranched alkanes of at least 4 members (excludes halogenated alkanes) is 1. The summed E-state index contributed by atoms with van der Waals surface area (Å²) in [7, 11) is 1.61. The van der Waals surface area contributed by atoms with Crippen LogP contribution in [-0.2, 0) is 19.1 Å². The molecule has 26 heavy (non-hydrogen) atoms. The van der Waals surface area contributed by atoms with Gasteiger partial charge in [0, 0.05) is 26.1 Å². The first-order chi connectivity index (χ1) is 12.6. The molecule has 5 nitrogen and oxygen atoms in total. The van der Waals surface area contributed by atoms with Gasteiger partial charge in [-0.2, -0.15) is 0 Å². The summed E-state index contributed by atoms with van der Waals surface area (Å²) in [5, 5.41) is 0. The molecule has 1 heterocycles. The van der Waals surface area contributed by atoms with Crippen LogP contribution in [0.2, 0.25) is 0 Å². The molecular weight excluding hydrogens is 337 g/mol. The molecule has 146 valence electrons. The Morgan fingerprint density at radius 1 is 1.35 bits per heavy atom. The van der Waals surface area contributed by atoms with E-state index in [1.807, 2.05) is 0 Å². The summed E-state index contributed by atoms with van der Waals surface area (Å²) in [5.41, 5.74) is 3.43. The van der Waals surface area contributed by atoms with E-state index in [9.17, 15) is 9.18 Å². The summed E-state index contributed by atoms with van der Waals surface area (Å²) in [5.74, 6) is -0.685. The zero-order valence-corrected chi connectivity index (χ0v) is 15.7. The molecule has 0 aliphatic carbocycles. The van der Waals surface area contributed by atoms with Crippen molar-refractivity contribution in [3.8, 4) is 0 Å². The maximum Gasteiger partial charge on any atom is 0.246 e. The third-order valence-electron chi connectivity index (χ3n) is 4.73. The molecule has 1 aromatic carbocycles. The largest absolute Gasteiger partial charge is 0.377 e. The number of nitrogens with one attached hydrogen (secondary N) is 1. The maximum absolute atomic E-state index is 13.2. The molecule has 1 amide bonds. The van der Waals surface area contributed by atoms with E-state index in [4.69, 9.17) is 14.3 Å². The van der Waals surface area contributed by atoms with Gasteiger partial charge in [0.05, 0.1) is 6.10 Å². The molecule has 6 heteroatoms. The minimum atomic E-state index is -0.366. The van der Waals surface area contributed by atoms with Crippen LogP contribution in [0.5, 0.6) is 0 Å². The van der Waals surface area contributed by atoms with Crippen LogP contribution in [0.15, 0.2) is 24.3 Å². The van der Waals surface area contributed by atoms with Gasteiger partial charge < -0.3 is 9.47 Å². The number of methoxy groups -OCH3 is 1. The maximum atomic E-state index is 13.2. The zero-order valence-electron chi connectivity index (χ0n) is 15.7. The number of amides is 1. The Labute approximate surface area is 155 Å². The van der Waals surface area contributed by atoms with Crippen molar-refractivity contribution in [3.63, 3.8) is 0 Å². The van der Waals surface area contributed by atoms with Gasteiger partial charge in [0.15, 0.2) is 6.29 Å². The molecular formula is C20H30FNO4. The van der Waals surface area contributed by atoms with Crippen molar-refractivity contribution in [1.29, 1.82) is 0 Å². The Morgan fingerprint density at radius 2 is 2.12 bits per heavy atom. The molecule has 1 aromatic rings. The Kier molecular flexibility index (Phi) is 9.01. The smallest absolute Gasteiger partial charge is 0.246 e. The van der Waals surface area contributed by atoms with Gasteiger partial charge in [-0.15, -0.1) is 0 Å². The average molecular weight is 367 g/mol. The lowest BCUT2D eigenvalue weighted by Gasteiger charge is -2.25. The molecule has 1 N–H and O–H groups in total. The third kappa shape index (κ3) is 6.67. The number of carbonyl (C=O) groups excluding carboxylic acids is 1. The first kappa shape index (κ1) is 20.8. The van der Waals surface area contributed by atoms with E-state index in [-0.39, 0.29) is 30.0 Å². The minimum absolute atomic E-state index is 0.156. The Balaban J connectivity index is 1.94. The molecule has 1 aliphatic rings. The van der Waals surface area contributed by atoms with Crippen molar-refractivity contribution in [3.05, 3.63) is 35.6 Å². The SMILES string of the molecule is CCCC[C@@H](C[C@@H](OC)c1ccc(F)cc1)C(=O)NOC1CCCCO1.